The first kappa shape index (κ1) is 21.9. The largest absolute Gasteiger partial charge is 0.453 e. The summed E-state index contributed by atoms with van der Waals surface area (Å²) < 4.78 is 19.4. The molecule has 1 saturated carbocycles. The minimum absolute atomic E-state index is 0.0675. The summed E-state index contributed by atoms with van der Waals surface area (Å²) >= 11 is 11.8. The maximum atomic E-state index is 13.7. The second-order valence-electron chi connectivity index (χ2n) is 8.26. The minimum Gasteiger partial charge on any atom is -0.453 e. The van der Waals surface area contributed by atoms with E-state index in [2.05, 4.69) is 15.4 Å². The first-order chi connectivity index (χ1) is 16.0. The molecule has 0 bridgehead atoms. The summed E-state index contributed by atoms with van der Waals surface area (Å²) in [7, 11) is 0. The quantitative estimate of drug-likeness (QED) is 0.537. The molecule has 0 unspecified atom stereocenters. The summed E-state index contributed by atoms with van der Waals surface area (Å²) in [5, 5.41) is 11.1. The molecule has 0 atom stereocenters. The third kappa shape index (κ3) is 4.75. The molecule has 1 aliphatic carbocycles. The number of benzene rings is 2. The summed E-state index contributed by atoms with van der Waals surface area (Å²) in [5.41, 5.74) is 1.69. The van der Waals surface area contributed by atoms with Crippen LogP contribution in [0.2, 0.25) is 10.0 Å². The van der Waals surface area contributed by atoms with Gasteiger partial charge in [-0.25, -0.2) is 9.37 Å². The predicted octanol–water partition coefficient (Wildman–Crippen LogP) is 5.37. The zero-order valence-corrected chi connectivity index (χ0v) is 19.1. The molecule has 0 radical (unpaired) electrons. The fourth-order valence-corrected chi connectivity index (χ4v) is 4.56. The molecule has 3 aromatic rings. The van der Waals surface area contributed by atoms with Gasteiger partial charge in [0.25, 0.3) is 5.91 Å². The van der Waals surface area contributed by atoms with E-state index in [0.717, 1.165) is 36.6 Å². The van der Waals surface area contributed by atoms with E-state index in [1.54, 1.807) is 18.2 Å². The van der Waals surface area contributed by atoms with Gasteiger partial charge in [-0.15, -0.1) is 5.10 Å². The third-order valence-corrected chi connectivity index (χ3v) is 6.60. The average molecular weight is 487 g/mol. The van der Waals surface area contributed by atoms with Crippen molar-refractivity contribution >= 4 is 45.9 Å². The van der Waals surface area contributed by atoms with E-state index in [1.807, 2.05) is 23.2 Å². The molecule has 1 fully saturated rings. The smallest absolute Gasteiger partial charge is 0.270 e. The van der Waals surface area contributed by atoms with E-state index in [4.69, 9.17) is 27.9 Å². The van der Waals surface area contributed by atoms with Crippen molar-refractivity contribution in [2.75, 3.05) is 6.73 Å². The van der Waals surface area contributed by atoms with E-state index in [9.17, 15) is 9.18 Å². The van der Waals surface area contributed by atoms with Crippen molar-refractivity contribution in [3.8, 4) is 0 Å². The van der Waals surface area contributed by atoms with Crippen LogP contribution in [-0.4, -0.2) is 40.6 Å². The summed E-state index contributed by atoms with van der Waals surface area (Å²) in [5.74, 6) is -0.283. The molecule has 33 heavy (non-hydrogen) atoms. The molecule has 170 valence electrons. The van der Waals surface area contributed by atoms with Crippen molar-refractivity contribution in [1.82, 2.24) is 15.3 Å². The Morgan fingerprint density at radius 2 is 1.88 bits per heavy atom. The zero-order chi connectivity index (χ0) is 22.9. The molecule has 0 saturated heterocycles. The van der Waals surface area contributed by atoms with E-state index in [-0.39, 0.29) is 23.0 Å². The number of pyridine rings is 1. The van der Waals surface area contributed by atoms with Crippen LogP contribution < -0.4 is 5.32 Å². The van der Waals surface area contributed by atoms with Gasteiger partial charge in [0.05, 0.1) is 16.6 Å². The minimum atomic E-state index is -0.500. The van der Waals surface area contributed by atoms with Crippen molar-refractivity contribution in [2.45, 2.75) is 37.8 Å². The van der Waals surface area contributed by atoms with E-state index >= 15 is 0 Å². The standard InChI is InChI=1S/C24H21Cl2FN4O2/c25-16-3-10-21-14(11-16)2-9-22(29-21)23(32)28-17-4-6-18(7-5-17)31-13-33-24(30-31)15-1-8-19(26)20(27)12-15/h1-3,8-12,17-18H,4-7,13H2,(H,28,32). The SMILES string of the molecule is O=C(NC1CCC(N2COC(c3ccc(Cl)c(F)c3)=N2)CC1)c1ccc2cc(Cl)ccc2n1. The molecule has 2 aromatic carbocycles. The van der Waals surface area contributed by atoms with Crippen LogP contribution in [0.3, 0.4) is 0 Å². The van der Waals surface area contributed by atoms with Gasteiger partial charge in [0, 0.05) is 22.0 Å². The monoisotopic (exact) mass is 486 g/mol. The summed E-state index contributed by atoms with van der Waals surface area (Å²) in [4.78, 5) is 17.2. The van der Waals surface area contributed by atoms with Crippen LogP contribution in [0.5, 0.6) is 0 Å². The van der Waals surface area contributed by atoms with E-state index in [0.29, 0.717) is 28.9 Å². The number of hydrogen-bond donors (Lipinski definition) is 1. The van der Waals surface area contributed by atoms with Gasteiger partial charge in [-0.1, -0.05) is 29.3 Å². The molecule has 1 aliphatic heterocycles. The summed E-state index contributed by atoms with van der Waals surface area (Å²) in [6.45, 7) is 0.326. The molecule has 0 spiro atoms. The lowest BCUT2D eigenvalue weighted by atomic mass is 9.91. The lowest BCUT2D eigenvalue weighted by Gasteiger charge is -2.32. The number of nitrogens with one attached hydrogen (secondary N) is 1. The number of halogens is 3. The number of amides is 1. The summed E-state index contributed by atoms with van der Waals surface area (Å²) in [6.07, 6.45) is 3.39. The Hall–Kier alpha value is -2.90. The van der Waals surface area contributed by atoms with Crippen molar-refractivity contribution in [3.63, 3.8) is 0 Å². The van der Waals surface area contributed by atoms with Crippen molar-refractivity contribution < 1.29 is 13.9 Å². The molecule has 9 heteroatoms. The highest BCUT2D eigenvalue weighted by atomic mass is 35.5. The summed E-state index contributed by atoms with van der Waals surface area (Å²) in [6, 6.07) is 13.8. The van der Waals surface area contributed by atoms with Crippen LogP contribution in [0, 0.1) is 5.82 Å². The lowest BCUT2D eigenvalue weighted by Crippen LogP contribution is -2.42. The van der Waals surface area contributed by atoms with Crippen molar-refractivity contribution in [1.29, 1.82) is 0 Å². The number of carbonyl (C=O) groups excluding carboxylic acids is 1. The fraction of sp³-hybridized carbons (Fsp3) is 0.292. The number of nitrogens with zero attached hydrogens (tertiary/aromatic N) is 3. The van der Waals surface area contributed by atoms with Gasteiger partial charge in [0.2, 0.25) is 5.90 Å². The highest BCUT2D eigenvalue weighted by Crippen LogP contribution is 2.27. The Kier molecular flexibility index (Phi) is 6.08. The Bertz CT molecular complexity index is 1240. The van der Waals surface area contributed by atoms with Crippen LogP contribution in [-0.2, 0) is 4.74 Å². The second-order valence-corrected chi connectivity index (χ2v) is 9.10. The van der Waals surface area contributed by atoms with Crippen LogP contribution >= 0.6 is 23.2 Å². The normalized spacial score (nSPS) is 20.5. The Morgan fingerprint density at radius 1 is 1.06 bits per heavy atom. The third-order valence-electron chi connectivity index (χ3n) is 6.06. The van der Waals surface area contributed by atoms with Gasteiger partial charge in [0.15, 0.2) is 6.73 Å². The lowest BCUT2D eigenvalue weighted by molar-refractivity contribution is 0.0823. The fourth-order valence-electron chi connectivity index (χ4n) is 4.26. The number of hydrogen-bond acceptors (Lipinski definition) is 5. The van der Waals surface area contributed by atoms with E-state index in [1.165, 1.54) is 12.1 Å². The van der Waals surface area contributed by atoms with Crippen LogP contribution in [0.4, 0.5) is 4.39 Å². The number of rotatable bonds is 4. The average Bonchev–Trinajstić information content (AvgIpc) is 3.31. The Balaban J connectivity index is 1.17. The van der Waals surface area contributed by atoms with E-state index < -0.39 is 5.82 Å². The van der Waals surface area contributed by atoms with Gasteiger partial charge in [-0.2, -0.15) is 0 Å². The maximum absolute atomic E-state index is 13.7. The first-order valence-electron chi connectivity index (χ1n) is 10.8. The highest BCUT2D eigenvalue weighted by molar-refractivity contribution is 6.31. The van der Waals surface area contributed by atoms with Crippen LogP contribution in [0.15, 0.2) is 53.6 Å². The molecule has 5 rings (SSSR count). The Morgan fingerprint density at radius 3 is 2.67 bits per heavy atom. The first-order valence-corrected chi connectivity index (χ1v) is 11.5. The topological polar surface area (TPSA) is 66.8 Å². The predicted molar refractivity (Wildman–Crippen MR) is 126 cm³/mol. The molecular formula is C24H21Cl2FN4O2. The van der Waals surface area contributed by atoms with Gasteiger partial charge >= 0.3 is 0 Å². The zero-order valence-electron chi connectivity index (χ0n) is 17.6. The molecule has 6 nitrogen and oxygen atoms in total. The van der Waals surface area contributed by atoms with Gasteiger partial charge in [-0.05, 0) is 68.1 Å². The highest BCUT2D eigenvalue weighted by Gasteiger charge is 2.30. The van der Waals surface area contributed by atoms with Gasteiger partial charge in [-0.3, -0.25) is 9.80 Å². The number of fused-ring (bicyclic) bond motifs is 1. The molecule has 2 aliphatic rings. The van der Waals surface area contributed by atoms with Crippen LogP contribution in [0.1, 0.15) is 41.7 Å². The molecule has 1 aromatic heterocycles. The molecular weight excluding hydrogens is 466 g/mol. The van der Waals surface area contributed by atoms with Crippen molar-refractivity contribution in [3.05, 3.63) is 75.7 Å². The number of ether oxygens (including phenoxy) is 1. The number of carbonyl (C=O) groups is 1. The van der Waals surface area contributed by atoms with Crippen LogP contribution in [0.25, 0.3) is 10.9 Å². The number of hydrazone groups is 1. The molecule has 2 heterocycles. The van der Waals surface area contributed by atoms with Gasteiger partial charge in [0.1, 0.15) is 11.5 Å². The molecule has 1 amide bonds. The second kappa shape index (κ2) is 9.15. The van der Waals surface area contributed by atoms with Crippen molar-refractivity contribution in [2.24, 2.45) is 5.10 Å². The Labute approximate surface area is 200 Å². The van der Waals surface area contributed by atoms with Gasteiger partial charge < -0.3 is 10.1 Å². The maximum Gasteiger partial charge on any atom is 0.270 e. The number of aromatic nitrogens is 1. The molecule has 1 N–H and O–H groups in total.